The van der Waals surface area contributed by atoms with Crippen LogP contribution in [0.1, 0.15) is 42.5 Å². The lowest BCUT2D eigenvalue weighted by Crippen LogP contribution is -2.51. The van der Waals surface area contributed by atoms with E-state index in [1.54, 1.807) is 43.3 Å². The van der Waals surface area contributed by atoms with Gasteiger partial charge in [-0.15, -0.1) is 0 Å². The Balaban J connectivity index is 2.03. The molecule has 7 nitrogen and oxygen atoms in total. The van der Waals surface area contributed by atoms with Gasteiger partial charge < -0.3 is 10.2 Å². The van der Waals surface area contributed by atoms with Crippen LogP contribution in [0.15, 0.2) is 77.7 Å². The van der Waals surface area contributed by atoms with E-state index in [9.17, 15) is 18.0 Å². The van der Waals surface area contributed by atoms with Crippen molar-refractivity contribution in [3.8, 4) is 0 Å². The third-order valence-electron chi connectivity index (χ3n) is 6.58. The second-order valence-electron chi connectivity index (χ2n) is 9.57. The summed E-state index contributed by atoms with van der Waals surface area (Å²) in [4.78, 5) is 28.3. The number of hydrogen-bond donors (Lipinski definition) is 1. The number of nitrogens with zero attached hydrogens (tertiary/aromatic N) is 2. The molecule has 1 N–H and O–H groups in total. The van der Waals surface area contributed by atoms with Crippen molar-refractivity contribution in [1.82, 2.24) is 10.2 Å². The van der Waals surface area contributed by atoms with Gasteiger partial charge in [-0.2, -0.15) is 0 Å². The van der Waals surface area contributed by atoms with Gasteiger partial charge in [-0.05, 0) is 75.1 Å². The van der Waals surface area contributed by atoms with Crippen LogP contribution < -0.4 is 9.62 Å². The van der Waals surface area contributed by atoms with Crippen LogP contribution in [-0.2, 0) is 26.2 Å². The van der Waals surface area contributed by atoms with E-state index >= 15 is 0 Å². The van der Waals surface area contributed by atoms with E-state index in [1.165, 1.54) is 4.90 Å². The van der Waals surface area contributed by atoms with Crippen molar-refractivity contribution in [2.75, 3.05) is 17.4 Å². The second kappa shape index (κ2) is 12.7. The molecule has 0 fully saturated rings. The highest BCUT2D eigenvalue weighted by Gasteiger charge is 2.32. The number of carbonyl (C=O) groups excluding carboxylic acids is 2. The molecule has 0 bridgehead atoms. The van der Waals surface area contributed by atoms with Gasteiger partial charge in [0.05, 0.1) is 10.6 Å². The molecular formula is C30H37N3O4S. The number of rotatable bonds is 11. The smallest absolute Gasteiger partial charge is 0.264 e. The van der Waals surface area contributed by atoms with Crippen LogP contribution in [0, 0.1) is 20.8 Å². The first kappa shape index (κ1) is 28.9. The molecule has 0 aliphatic rings. The molecule has 0 unspecified atom stereocenters. The van der Waals surface area contributed by atoms with Gasteiger partial charge in [0.25, 0.3) is 10.0 Å². The van der Waals surface area contributed by atoms with Crippen LogP contribution in [0.5, 0.6) is 0 Å². The predicted octanol–water partition coefficient (Wildman–Crippen LogP) is 4.75. The average molecular weight is 536 g/mol. The summed E-state index contributed by atoms with van der Waals surface area (Å²) >= 11 is 0. The maximum atomic E-state index is 13.9. The molecule has 202 valence electrons. The van der Waals surface area contributed by atoms with Crippen molar-refractivity contribution in [3.63, 3.8) is 0 Å². The largest absolute Gasteiger partial charge is 0.354 e. The van der Waals surface area contributed by atoms with E-state index in [4.69, 9.17) is 0 Å². The predicted molar refractivity (Wildman–Crippen MR) is 151 cm³/mol. The summed E-state index contributed by atoms with van der Waals surface area (Å²) in [5.74, 6) is -0.753. The lowest BCUT2D eigenvalue weighted by molar-refractivity contribution is -0.139. The van der Waals surface area contributed by atoms with Crippen LogP contribution in [0.25, 0.3) is 0 Å². The van der Waals surface area contributed by atoms with Gasteiger partial charge in [0.1, 0.15) is 12.6 Å². The van der Waals surface area contributed by atoms with Crippen LogP contribution in [0.2, 0.25) is 0 Å². The van der Waals surface area contributed by atoms with Gasteiger partial charge >= 0.3 is 0 Å². The summed E-state index contributed by atoms with van der Waals surface area (Å²) in [5, 5.41) is 2.85. The Morgan fingerprint density at radius 3 is 2.16 bits per heavy atom. The highest BCUT2D eigenvalue weighted by atomic mass is 32.2. The number of sulfonamides is 1. The molecule has 8 heteroatoms. The van der Waals surface area contributed by atoms with Crippen LogP contribution in [-0.4, -0.2) is 44.3 Å². The zero-order valence-corrected chi connectivity index (χ0v) is 23.6. The van der Waals surface area contributed by atoms with Crippen LogP contribution in [0.4, 0.5) is 5.69 Å². The molecule has 38 heavy (non-hydrogen) atoms. The van der Waals surface area contributed by atoms with Crippen LogP contribution >= 0.6 is 0 Å². The maximum absolute atomic E-state index is 13.9. The monoisotopic (exact) mass is 535 g/mol. The van der Waals surface area contributed by atoms with E-state index in [2.05, 4.69) is 5.32 Å². The molecule has 0 heterocycles. The standard InChI is InChI=1S/C30H37N3O4S/c1-6-18-31-30(35)25(5)32(20-26-10-8-7-9-11-26)29(34)21-33(27-15-14-23(3)24(4)19-27)38(36,37)28-16-12-22(2)13-17-28/h7-17,19,25H,6,18,20-21H2,1-5H3,(H,31,35)/t25-/m1/s1. The SMILES string of the molecule is CCCNC(=O)[C@@H](C)N(Cc1ccccc1)C(=O)CN(c1ccc(C)c(C)c1)S(=O)(=O)c1ccc(C)cc1. The first-order valence-corrected chi connectivity index (χ1v) is 14.3. The molecule has 3 rings (SSSR count). The summed E-state index contributed by atoms with van der Waals surface area (Å²) in [5.41, 5.74) is 4.09. The summed E-state index contributed by atoms with van der Waals surface area (Å²) in [6, 6.07) is 20.4. The zero-order valence-electron chi connectivity index (χ0n) is 22.8. The molecular weight excluding hydrogens is 498 g/mol. The van der Waals surface area contributed by atoms with Crippen molar-refractivity contribution in [1.29, 1.82) is 0 Å². The number of hydrogen-bond acceptors (Lipinski definition) is 4. The fraction of sp³-hybridized carbons (Fsp3) is 0.333. The molecule has 0 saturated heterocycles. The van der Waals surface area contributed by atoms with Gasteiger partial charge in [-0.25, -0.2) is 8.42 Å². The number of benzene rings is 3. The summed E-state index contributed by atoms with van der Waals surface area (Å²) in [6.45, 7) is 9.57. The summed E-state index contributed by atoms with van der Waals surface area (Å²) < 4.78 is 28.9. The molecule has 2 amide bonds. The van der Waals surface area contributed by atoms with Crippen molar-refractivity contribution in [2.45, 2.75) is 58.5 Å². The highest BCUT2D eigenvalue weighted by molar-refractivity contribution is 7.92. The number of anilines is 1. The third kappa shape index (κ3) is 7.01. The Labute approximate surface area is 226 Å². The van der Waals surface area contributed by atoms with E-state index in [-0.39, 0.29) is 17.3 Å². The fourth-order valence-corrected chi connectivity index (χ4v) is 5.41. The molecule has 1 atom stereocenters. The normalized spacial score (nSPS) is 12.0. The second-order valence-corrected chi connectivity index (χ2v) is 11.4. The number of aryl methyl sites for hydroxylation is 3. The van der Waals surface area contributed by atoms with Crippen molar-refractivity contribution < 1.29 is 18.0 Å². The minimum absolute atomic E-state index is 0.0949. The third-order valence-corrected chi connectivity index (χ3v) is 8.37. The Hall–Kier alpha value is -3.65. The Morgan fingerprint density at radius 1 is 0.895 bits per heavy atom. The number of carbonyl (C=O) groups is 2. The van der Waals surface area contributed by atoms with Gasteiger partial charge in [0, 0.05) is 13.1 Å². The Bertz CT molecular complexity index is 1360. The maximum Gasteiger partial charge on any atom is 0.264 e. The Morgan fingerprint density at radius 2 is 1.55 bits per heavy atom. The minimum atomic E-state index is -4.08. The molecule has 3 aromatic rings. The molecule has 0 saturated carbocycles. The lowest BCUT2D eigenvalue weighted by Gasteiger charge is -2.32. The average Bonchev–Trinajstić information content (AvgIpc) is 2.90. The van der Waals surface area contributed by atoms with Gasteiger partial charge in [-0.1, -0.05) is 61.0 Å². The van der Waals surface area contributed by atoms with Crippen molar-refractivity contribution in [2.24, 2.45) is 0 Å². The van der Waals surface area contributed by atoms with Gasteiger partial charge in [0.2, 0.25) is 11.8 Å². The molecule has 0 radical (unpaired) electrons. The summed E-state index contributed by atoms with van der Waals surface area (Å²) in [6.07, 6.45) is 0.764. The molecule has 0 aromatic heterocycles. The molecule has 0 aliphatic heterocycles. The van der Waals surface area contributed by atoms with Gasteiger partial charge in [-0.3, -0.25) is 13.9 Å². The van der Waals surface area contributed by atoms with E-state index < -0.39 is 28.5 Å². The molecule has 3 aromatic carbocycles. The van der Waals surface area contributed by atoms with E-state index in [1.807, 2.05) is 64.1 Å². The first-order valence-electron chi connectivity index (χ1n) is 12.8. The van der Waals surface area contributed by atoms with Crippen LogP contribution in [0.3, 0.4) is 0 Å². The topological polar surface area (TPSA) is 86.8 Å². The first-order chi connectivity index (χ1) is 18.0. The molecule has 0 aliphatic carbocycles. The van der Waals surface area contributed by atoms with Crippen molar-refractivity contribution >= 4 is 27.5 Å². The van der Waals surface area contributed by atoms with E-state index in [0.29, 0.717) is 12.2 Å². The van der Waals surface area contributed by atoms with Crippen molar-refractivity contribution in [3.05, 3.63) is 95.1 Å². The number of nitrogens with one attached hydrogen (secondary N) is 1. The van der Waals surface area contributed by atoms with E-state index in [0.717, 1.165) is 33.0 Å². The summed E-state index contributed by atoms with van der Waals surface area (Å²) in [7, 11) is -4.08. The van der Waals surface area contributed by atoms with Gasteiger partial charge in [0.15, 0.2) is 0 Å². The lowest BCUT2D eigenvalue weighted by atomic mass is 10.1. The molecule has 0 spiro atoms. The quantitative estimate of drug-likeness (QED) is 0.384. The zero-order chi connectivity index (χ0) is 27.9. The Kier molecular flexibility index (Phi) is 9.69. The minimum Gasteiger partial charge on any atom is -0.354 e. The number of amides is 2. The fourth-order valence-electron chi connectivity index (χ4n) is 4.01. The highest BCUT2D eigenvalue weighted by Crippen LogP contribution is 2.26.